The molecule has 1 atom stereocenters. The summed E-state index contributed by atoms with van der Waals surface area (Å²) in [4.78, 5) is 34.0. The Morgan fingerprint density at radius 1 is 1.16 bits per heavy atom. The number of nitrogen functional groups attached to an aromatic ring is 1. The first-order valence-electron chi connectivity index (χ1n) is 14.0. The van der Waals surface area contributed by atoms with Gasteiger partial charge in [-0.2, -0.15) is 14.6 Å². The van der Waals surface area contributed by atoms with Crippen molar-refractivity contribution in [3.05, 3.63) is 64.3 Å². The first-order valence-corrected chi connectivity index (χ1v) is 14.0. The van der Waals surface area contributed by atoms with Crippen LogP contribution >= 0.6 is 0 Å². The number of nitrogens with one attached hydrogen (secondary N) is 1. The van der Waals surface area contributed by atoms with E-state index < -0.39 is 30.3 Å². The van der Waals surface area contributed by atoms with Crippen molar-refractivity contribution in [3.63, 3.8) is 0 Å². The molecule has 6 rings (SSSR count). The number of aliphatic hydroxyl groups excluding tert-OH is 2. The molecule has 5 aromatic rings. The summed E-state index contributed by atoms with van der Waals surface area (Å²) in [5.74, 6) is -1.97. The number of aromatic nitrogens is 5. The molecule has 1 fully saturated rings. The van der Waals surface area contributed by atoms with E-state index in [1.807, 2.05) is 0 Å². The number of piperazine rings is 1. The van der Waals surface area contributed by atoms with Gasteiger partial charge in [-0.15, -0.1) is 0 Å². The second kappa shape index (κ2) is 11.7. The Morgan fingerprint density at radius 3 is 2.64 bits per heavy atom. The largest absolute Gasteiger partial charge is 0.463 e. The van der Waals surface area contributed by atoms with Gasteiger partial charge in [0.2, 0.25) is 5.95 Å². The third-order valence-electron chi connectivity index (χ3n) is 7.83. The predicted octanol–water partition coefficient (Wildman–Crippen LogP) is 0.408. The van der Waals surface area contributed by atoms with E-state index in [1.165, 1.54) is 9.08 Å². The zero-order valence-electron chi connectivity index (χ0n) is 23.8. The summed E-state index contributed by atoms with van der Waals surface area (Å²) in [6.45, 7) is 1.83. The number of amides is 1. The topological polar surface area (TPSA) is 172 Å². The summed E-state index contributed by atoms with van der Waals surface area (Å²) in [7, 11) is 1.66. The average Bonchev–Trinajstić information content (AvgIpc) is 3.75. The van der Waals surface area contributed by atoms with Crippen LogP contribution in [0.4, 0.5) is 20.4 Å². The van der Waals surface area contributed by atoms with Crippen molar-refractivity contribution in [2.45, 2.75) is 12.6 Å². The van der Waals surface area contributed by atoms with Crippen LogP contribution in [-0.2, 0) is 13.6 Å². The van der Waals surface area contributed by atoms with Crippen LogP contribution in [0.3, 0.4) is 0 Å². The number of aliphatic hydroxyl groups is 2. The Balaban J connectivity index is 1.16. The molecule has 232 valence electrons. The van der Waals surface area contributed by atoms with Crippen molar-refractivity contribution in [1.29, 1.82) is 0 Å². The predicted molar refractivity (Wildman–Crippen MR) is 156 cm³/mol. The van der Waals surface area contributed by atoms with Crippen molar-refractivity contribution in [2.75, 3.05) is 56.5 Å². The molecule has 4 aromatic heterocycles. The normalized spacial score (nSPS) is 15.0. The van der Waals surface area contributed by atoms with Gasteiger partial charge in [-0.1, -0.05) is 0 Å². The number of rotatable bonds is 9. The maximum atomic E-state index is 14.8. The monoisotopic (exact) mass is 611 g/mol. The SMILES string of the molecule is Cn1c(=O)n(CCN2CCN(c3cc(C(=O)NC[C@H](O)CO)c(F)cc3F)CC2)c2nc(N)n3nc(-c4ccco4)cc3c21. The standard InChI is InChI=1S/C28H31F2N9O5/c1-35-24-22-13-20(23-3-2-10-44-23)34-39(22)27(31)33-25(24)38(28(35)43)9-6-36-4-7-37(8-5-36)21-11-17(18(29)12-19(21)30)26(42)32-14-16(41)15-40/h2-3,10-13,16,40-41H,4-9,14-15H2,1H3,(H2,31,33)(H,32,42)/t16-/m0/s1. The highest BCUT2D eigenvalue weighted by Gasteiger charge is 2.25. The number of halogens is 2. The molecule has 1 saturated heterocycles. The smallest absolute Gasteiger partial charge is 0.330 e. The Kier molecular flexibility index (Phi) is 7.79. The number of nitrogens with zero attached hydrogens (tertiary/aromatic N) is 7. The highest BCUT2D eigenvalue weighted by Crippen LogP contribution is 2.27. The first kappa shape index (κ1) is 29.3. The lowest BCUT2D eigenvalue weighted by Gasteiger charge is -2.36. The lowest BCUT2D eigenvalue weighted by atomic mass is 10.1. The highest BCUT2D eigenvalue weighted by molar-refractivity contribution is 5.95. The number of hydrogen-bond acceptors (Lipinski definition) is 10. The fourth-order valence-corrected chi connectivity index (χ4v) is 5.45. The van der Waals surface area contributed by atoms with Gasteiger partial charge in [-0.3, -0.25) is 18.8 Å². The number of furan rings is 1. The Morgan fingerprint density at radius 2 is 1.93 bits per heavy atom. The van der Waals surface area contributed by atoms with Gasteiger partial charge < -0.3 is 30.6 Å². The van der Waals surface area contributed by atoms with Crippen LogP contribution in [0.1, 0.15) is 10.4 Å². The molecule has 1 aliphatic rings. The van der Waals surface area contributed by atoms with E-state index >= 15 is 0 Å². The number of carbonyl (C=O) groups excluding carboxylic acids is 1. The number of imidazole rings is 1. The quantitative estimate of drug-likeness (QED) is 0.183. The summed E-state index contributed by atoms with van der Waals surface area (Å²) in [5.41, 5.74) is 7.88. The van der Waals surface area contributed by atoms with E-state index in [4.69, 9.17) is 15.3 Å². The molecule has 0 radical (unpaired) electrons. The summed E-state index contributed by atoms with van der Waals surface area (Å²) in [5, 5.41) is 25.2. The second-order valence-corrected chi connectivity index (χ2v) is 10.6. The molecule has 0 aliphatic carbocycles. The third kappa shape index (κ3) is 5.27. The molecule has 1 aliphatic heterocycles. The van der Waals surface area contributed by atoms with Gasteiger partial charge in [0.05, 0.1) is 35.7 Å². The zero-order chi connectivity index (χ0) is 31.1. The molecular formula is C28H31F2N9O5. The van der Waals surface area contributed by atoms with Crippen LogP contribution in [-0.4, -0.2) is 96.7 Å². The Hall–Kier alpha value is -4.80. The van der Waals surface area contributed by atoms with Crippen LogP contribution in [0.25, 0.3) is 28.1 Å². The molecular weight excluding hydrogens is 580 g/mol. The number of anilines is 2. The van der Waals surface area contributed by atoms with E-state index in [-0.39, 0.29) is 29.4 Å². The van der Waals surface area contributed by atoms with Crippen LogP contribution < -0.4 is 21.6 Å². The third-order valence-corrected chi connectivity index (χ3v) is 7.83. The van der Waals surface area contributed by atoms with Gasteiger partial charge >= 0.3 is 5.69 Å². The molecule has 16 heteroatoms. The van der Waals surface area contributed by atoms with Crippen LogP contribution in [0, 0.1) is 11.6 Å². The van der Waals surface area contributed by atoms with E-state index in [0.717, 1.165) is 6.07 Å². The van der Waals surface area contributed by atoms with Gasteiger partial charge in [0.15, 0.2) is 11.4 Å². The molecule has 44 heavy (non-hydrogen) atoms. The van der Waals surface area contributed by atoms with E-state index in [2.05, 4.69) is 20.3 Å². The molecule has 5 heterocycles. The number of hydrogen-bond donors (Lipinski definition) is 4. The molecule has 0 spiro atoms. The van der Waals surface area contributed by atoms with Gasteiger partial charge in [0.1, 0.15) is 22.8 Å². The van der Waals surface area contributed by atoms with Gasteiger partial charge in [0, 0.05) is 58.9 Å². The van der Waals surface area contributed by atoms with E-state index in [9.17, 15) is 23.5 Å². The number of fused-ring (bicyclic) bond motifs is 3. The molecule has 5 N–H and O–H groups in total. The lowest BCUT2D eigenvalue weighted by molar-refractivity contribution is 0.0799. The van der Waals surface area contributed by atoms with Crippen molar-refractivity contribution >= 4 is 34.2 Å². The van der Waals surface area contributed by atoms with Crippen LogP contribution in [0.15, 0.2) is 45.8 Å². The summed E-state index contributed by atoms with van der Waals surface area (Å²) < 4.78 is 39.2. The minimum absolute atomic E-state index is 0.0857. The van der Waals surface area contributed by atoms with E-state index in [0.29, 0.717) is 73.5 Å². The number of nitrogens with two attached hydrogens (primary N) is 1. The number of aryl methyl sites for hydroxylation is 1. The summed E-state index contributed by atoms with van der Waals surface area (Å²) in [6, 6.07) is 7.15. The van der Waals surface area contributed by atoms with Crippen LogP contribution in [0.5, 0.6) is 0 Å². The van der Waals surface area contributed by atoms with E-state index in [1.54, 1.807) is 41.0 Å². The Labute approximate surface area is 248 Å². The van der Waals surface area contributed by atoms with Crippen molar-refractivity contribution in [3.8, 4) is 11.5 Å². The number of benzene rings is 1. The van der Waals surface area contributed by atoms with Crippen LogP contribution in [0.2, 0.25) is 0 Å². The van der Waals surface area contributed by atoms with Gasteiger partial charge in [-0.25, -0.2) is 13.6 Å². The van der Waals surface area contributed by atoms with Gasteiger partial charge in [0.25, 0.3) is 5.91 Å². The van der Waals surface area contributed by atoms with Crippen molar-refractivity contribution in [1.82, 2.24) is 33.9 Å². The summed E-state index contributed by atoms with van der Waals surface area (Å²) >= 11 is 0. The Bertz CT molecular complexity index is 1890. The maximum Gasteiger partial charge on any atom is 0.330 e. The molecule has 1 aromatic carbocycles. The highest BCUT2D eigenvalue weighted by atomic mass is 19.1. The zero-order valence-corrected chi connectivity index (χ0v) is 23.8. The second-order valence-electron chi connectivity index (χ2n) is 10.6. The van der Waals surface area contributed by atoms with Crippen molar-refractivity contribution in [2.24, 2.45) is 7.05 Å². The molecule has 0 saturated carbocycles. The molecule has 1 amide bonds. The molecule has 0 bridgehead atoms. The van der Waals surface area contributed by atoms with Gasteiger partial charge in [-0.05, 0) is 24.3 Å². The minimum atomic E-state index is -1.19. The number of carbonyl (C=O) groups is 1. The molecule has 14 nitrogen and oxygen atoms in total. The lowest BCUT2D eigenvalue weighted by Crippen LogP contribution is -2.48. The maximum absolute atomic E-state index is 14.8. The minimum Gasteiger partial charge on any atom is -0.463 e. The summed E-state index contributed by atoms with van der Waals surface area (Å²) in [6.07, 6.45) is 0.351. The molecule has 0 unspecified atom stereocenters. The first-order chi connectivity index (χ1) is 21.2. The fourth-order valence-electron chi connectivity index (χ4n) is 5.45. The fraction of sp³-hybridized carbons (Fsp3) is 0.357. The van der Waals surface area contributed by atoms with Crippen molar-refractivity contribution < 1.29 is 28.2 Å². The average molecular weight is 612 g/mol.